The van der Waals surface area contributed by atoms with Crippen LogP contribution < -0.4 is 10.1 Å². The lowest BCUT2D eigenvalue weighted by Crippen LogP contribution is -2.24. The van der Waals surface area contributed by atoms with Gasteiger partial charge < -0.3 is 19.9 Å². The zero-order valence-corrected chi connectivity index (χ0v) is 17.6. The van der Waals surface area contributed by atoms with Gasteiger partial charge in [0.25, 0.3) is 0 Å². The third kappa shape index (κ3) is 6.09. The fraction of sp³-hybridized carbons (Fsp3) is 0.200. The van der Waals surface area contributed by atoms with Crippen molar-refractivity contribution in [1.82, 2.24) is 5.32 Å². The fourth-order valence-electron chi connectivity index (χ4n) is 3.32. The van der Waals surface area contributed by atoms with Crippen molar-refractivity contribution >= 4 is 12.1 Å². The summed E-state index contributed by atoms with van der Waals surface area (Å²) in [4.78, 5) is 23.3. The van der Waals surface area contributed by atoms with Crippen LogP contribution in [0.15, 0.2) is 66.7 Å². The quantitative estimate of drug-likeness (QED) is 0.552. The Hall–Kier alpha value is -3.80. The molecule has 0 bridgehead atoms. The summed E-state index contributed by atoms with van der Waals surface area (Å²) in [6.07, 6.45) is -0.592. The Morgan fingerprint density at radius 1 is 0.935 bits per heavy atom. The second-order valence-electron chi connectivity index (χ2n) is 7.18. The van der Waals surface area contributed by atoms with Crippen LogP contribution in [-0.2, 0) is 29.1 Å². The van der Waals surface area contributed by atoms with Crippen LogP contribution in [0.3, 0.4) is 0 Å². The molecule has 6 nitrogen and oxygen atoms in total. The number of hydrogen-bond acceptors (Lipinski definition) is 4. The van der Waals surface area contributed by atoms with Crippen molar-refractivity contribution in [2.24, 2.45) is 0 Å². The van der Waals surface area contributed by atoms with Crippen LogP contribution in [0.25, 0.3) is 11.1 Å². The minimum Gasteiger partial charge on any atom is -0.496 e. The highest BCUT2D eigenvalue weighted by atomic mass is 16.5. The number of carbonyl (C=O) groups excluding carboxylic acids is 1. The van der Waals surface area contributed by atoms with E-state index in [0.29, 0.717) is 11.3 Å². The maximum atomic E-state index is 12.2. The summed E-state index contributed by atoms with van der Waals surface area (Å²) in [5, 5.41) is 11.9. The van der Waals surface area contributed by atoms with E-state index >= 15 is 0 Å². The van der Waals surface area contributed by atoms with Crippen LogP contribution in [0.1, 0.15) is 22.3 Å². The number of hydrogen-bond donors (Lipinski definition) is 2. The molecule has 0 aromatic heterocycles. The fourth-order valence-corrected chi connectivity index (χ4v) is 3.32. The number of carboxylic acid groups (broad SMARTS) is 1. The zero-order valence-electron chi connectivity index (χ0n) is 17.6. The molecule has 2 N–H and O–H groups in total. The Bertz CT molecular complexity index is 1060. The molecule has 0 fully saturated rings. The Morgan fingerprint density at radius 3 is 2.42 bits per heavy atom. The van der Waals surface area contributed by atoms with Crippen molar-refractivity contribution in [3.05, 3.63) is 89.0 Å². The van der Waals surface area contributed by atoms with Crippen molar-refractivity contribution in [2.75, 3.05) is 7.11 Å². The lowest BCUT2D eigenvalue weighted by molar-refractivity contribution is -0.136. The monoisotopic (exact) mass is 419 g/mol. The van der Waals surface area contributed by atoms with Crippen LogP contribution in [-0.4, -0.2) is 24.3 Å². The van der Waals surface area contributed by atoms with E-state index in [-0.39, 0.29) is 19.6 Å². The number of amides is 1. The number of benzene rings is 3. The van der Waals surface area contributed by atoms with Gasteiger partial charge in [-0.15, -0.1) is 0 Å². The van der Waals surface area contributed by atoms with Gasteiger partial charge in [0, 0.05) is 12.1 Å². The largest absolute Gasteiger partial charge is 0.496 e. The van der Waals surface area contributed by atoms with Gasteiger partial charge in [-0.25, -0.2) is 4.79 Å². The van der Waals surface area contributed by atoms with Crippen molar-refractivity contribution < 1.29 is 24.2 Å². The van der Waals surface area contributed by atoms with Gasteiger partial charge >= 0.3 is 12.1 Å². The Kier molecular flexibility index (Phi) is 7.27. The van der Waals surface area contributed by atoms with E-state index in [1.165, 1.54) is 0 Å². The molecule has 0 spiro atoms. The summed E-state index contributed by atoms with van der Waals surface area (Å²) < 4.78 is 10.8. The molecule has 3 rings (SSSR count). The second-order valence-corrected chi connectivity index (χ2v) is 7.18. The number of aliphatic carboxylic acids is 1. The normalized spacial score (nSPS) is 10.4. The molecule has 0 aliphatic rings. The topological polar surface area (TPSA) is 84.9 Å². The summed E-state index contributed by atoms with van der Waals surface area (Å²) in [7, 11) is 1.57. The zero-order chi connectivity index (χ0) is 22.2. The number of nitrogens with one attached hydrogen (secondary N) is 1. The molecule has 160 valence electrons. The van der Waals surface area contributed by atoms with Crippen LogP contribution in [0.2, 0.25) is 0 Å². The van der Waals surface area contributed by atoms with Crippen LogP contribution >= 0.6 is 0 Å². The molecule has 6 heteroatoms. The van der Waals surface area contributed by atoms with Gasteiger partial charge in [-0.1, -0.05) is 60.2 Å². The molecule has 0 radical (unpaired) electrons. The van der Waals surface area contributed by atoms with Gasteiger partial charge in [0.05, 0.1) is 13.5 Å². The number of alkyl carbamates (subject to hydrolysis) is 1. The van der Waals surface area contributed by atoms with Crippen molar-refractivity contribution in [3.63, 3.8) is 0 Å². The van der Waals surface area contributed by atoms with Gasteiger partial charge in [-0.05, 0) is 41.3 Å². The summed E-state index contributed by atoms with van der Waals surface area (Å²) in [6, 6.07) is 20.7. The van der Waals surface area contributed by atoms with Crippen molar-refractivity contribution in [1.29, 1.82) is 0 Å². The van der Waals surface area contributed by atoms with Crippen LogP contribution in [0.5, 0.6) is 5.75 Å². The van der Waals surface area contributed by atoms with Crippen LogP contribution in [0, 0.1) is 6.92 Å². The Labute approximate surface area is 181 Å². The third-order valence-corrected chi connectivity index (χ3v) is 4.81. The minimum absolute atomic E-state index is 0.0811. The first-order valence-electron chi connectivity index (χ1n) is 9.89. The number of aryl methyl sites for hydroxylation is 1. The third-order valence-electron chi connectivity index (χ3n) is 4.81. The molecule has 0 atom stereocenters. The summed E-state index contributed by atoms with van der Waals surface area (Å²) >= 11 is 0. The number of carbonyl (C=O) groups is 2. The van der Waals surface area contributed by atoms with Crippen LogP contribution in [0.4, 0.5) is 4.79 Å². The molecular formula is C25H25NO5. The SMILES string of the molecule is COc1ccc(CC(=O)O)cc1-c1ccc(C)cc1CNC(=O)OCc1ccccc1. The van der Waals surface area contributed by atoms with Gasteiger partial charge in [-0.2, -0.15) is 0 Å². The highest BCUT2D eigenvalue weighted by molar-refractivity contribution is 5.77. The molecular weight excluding hydrogens is 394 g/mol. The van der Waals surface area contributed by atoms with E-state index in [9.17, 15) is 9.59 Å². The molecule has 0 aliphatic carbocycles. The highest BCUT2D eigenvalue weighted by Gasteiger charge is 2.14. The predicted octanol–water partition coefficient (Wildman–Crippen LogP) is 4.72. The van der Waals surface area contributed by atoms with E-state index in [4.69, 9.17) is 14.6 Å². The average molecular weight is 419 g/mol. The molecule has 0 heterocycles. The number of carboxylic acids is 1. The first-order valence-corrected chi connectivity index (χ1v) is 9.89. The first kappa shape index (κ1) is 21.9. The lowest BCUT2D eigenvalue weighted by Gasteiger charge is -2.16. The predicted molar refractivity (Wildman–Crippen MR) is 118 cm³/mol. The number of rotatable bonds is 8. The molecule has 0 saturated carbocycles. The summed E-state index contributed by atoms with van der Waals surface area (Å²) in [5.74, 6) is -0.269. The van der Waals surface area contributed by atoms with Gasteiger partial charge in [-0.3, -0.25) is 4.79 Å². The van der Waals surface area contributed by atoms with E-state index in [1.54, 1.807) is 19.2 Å². The molecule has 0 saturated heterocycles. The molecule has 0 aliphatic heterocycles. The van der Waals surface area contributed by atoms with E-state index < -0.39 is 12.1 Å². The lowest BCUT2D eigenvalue weighted by atomic mass is 9.95. The smallest absolute Gasteiger partial charge is 0.407 e. The second kappa shape index (κ2) is 10.3. The standard InChI is InChI=1S/C25H25NO5/c1-17-8-10-21(22-13-19(14-24(27)28)9-11-23(22)30-2)20(12-17)15-26-25(29)31-16-18-6-4-3-5-7-18/h3-13H,14-16H2,1-2H3,(H,26,29)(H,27,28). The molecule has 1 amide bonds. The average Bonchev–Trinajstić information content (AvgIpc) is 2.76. The Morgan fingerprint density at radius 2 is 1.71 bits per heavy atom. The minimum atomic E-state index is -0.900. The Balaban J connectivity index is 1.79. The molecule has 0 unspecified atom stereocenters. The number of methoxy groups -OCH3 is 1. The van der Waals surface area contributed by atoms with Crippen molar-refractivity contribution in [2.45, 2.75) is 26.5 Å². The van der Waals surface area contributed by atoms with Gasteiger partial charge in [0.1, 0.15) is 12.4 Å². The molecule has 31 heavy (non-hydrogen) atoms. The van der Waals surface area contributed by atoms with Crippen molar-refractivity contribution in [3.8, 4) is 16.9 Å². The van der Waals surface area contributed by atoms with E-state index in [2.05, 4.69) is 5.32 Å². The van der Waals surface area contributed by atoms with E-state index in [0.717, 1.165) is 27.8 Å². The van der Waals surface area contributed by atoms with Gasteiger partial charge in [0.15, 0.2) is 0 Å². The number of ether oxygens (including phenoxy) is 2. The highest BCUT2D eigenvalue weighted by Crippen LogP contribution is 2.34. The summed E-state index contributed by atoms with van der Waals surface area (Å²) in [5.41, 5.74) is 5.13. The maximum absolute atomic E-state index is 12.2. The maximum Gasteiger partial charge on any atom is 0.407 e. The first-order chi connectivity index (χ1) is 15.0. The molecule has 3 aromatic rings. The van der Waals surface area contributed by atoms with Gasteiger partial charge in [0.2, 0.25) is 0 Å². The van der Waals surface area contributed by atoms with E-state index in [1.807, 2.05) is 61.5 Å². The molecule has 3 aromatic carbocycles. The summed E-state index contributed by atoms with van der Waals surface area (Å²) in [6.45, 7) is 2.43.